The summed E-state index contributed by atoms with van der Waals surface area (Å²) in [4.78, 5) is 19.9. The van der Waals surface area contributed by atoms with E-state index in [1.165, 1.54) is 11.3 Å². The zero-order valence-electron chi connectivity index (χ0n) is 16.1. The van der Waals surface area contributed by atoms with Crippen LogP contribution in [0.5, 0.6) is 5.75 Å². The third-order valence-corrected chi connectivity index (χ3v) is 7.19. The van der Waals surface area contributed by atoms with Gasteiger partial charge in [-0.2, -0.15) is 0 Å². The molecule has 3 aromatic rings. The Morgan fingerprint density at radius 3 is 2.57 bits per heavy atom. The van der Waals surface area contributed by atoms with Gasteiger partial charge in [0.05, 0.1) is 23.4 Å². The molecule has 0 N–H and O–H groups in total. The van der Waals surface area contributed by atoms with Crippen molar-refractivity contribution in [2.75, 3.05) is 20.2 Å². The largest absolute Gasteiger partial charge is 0.496 e. The first-order valence-corrected chi connectivity index (χ1v) is 10.9. The zero-order valence-corrected chi connectivity index (χ0v) is 17.8. The van der Waals surface area contributed by atoms with Gasteiger partial charge in [0.25, 0.3) is 5.91 Å². The average Bonchev–Trinajstić information content (AvgIpc) is 3.34. The molecule has 2 aromatic heterocycles. The Kier molecular flexibility index (Phi) is 5.41. The van der Waals surface area contributed by atoms with Crippen LogP contribution in [0.4, 0.5) is 0 Å². The minimum atomic E-state index is 0.105. The first kappa shape index (κ1) is 19.0. The summed E-state index contributed by atoms with van der Waals surface area (Å²) in [5.74, 6) is 1.25. The molecule has 0 radical (unpaired) electrons. The van der Waals surface area contributed by atoms with Crippen molar-refractivity contribution in [1.82, 2.24) is 20.1 Å². The first-order chi connectivity index (χ1) is 13.6. The first-order valence-electron chi connectivity index (χ1n) is 9.27. The van der Waals surface area contributed by atoms with Crippen LogP contribution in [0.3, 0.4) is 0 Å². The summed E-state index contributed by atoms with van der Waals surface area (Å²) in [5.41, 5.74) is 1.80. The summed E-state index contributed by atoms with van der Waals surface area (Å²) in [6.45, 7) is 5.33. The van der Waals surface area contributed by atoms with Gasteiger partial charge in [0, 0.05) is 19.0 Å². The Morgan fingerprint density at radius 1 is 1.14 bits per heavy atom. The smallest absolute Gasteiger partial charge is 0.265 e. The molecule has 0 bridgehead atoms. The van der Waals surface area contributed by atoms with Crippen LogP contribution in [-0.4, -0.2) is 46.2 Å². The number of ether oxygens (including phenoxy) is 1. The van der Waals surface area contributed by atoms with Crippen LogP contribution in [0, 0.1) is 13.8 Å². The third kappa shape index (κ3) is 3.66. The van der Waals surface area contributed by atoms with E-state index >= 15 is 0 Å². The average molecular weight is 415 g/mol. The van der Waals surface area contributed by atoms with E-state index in [9.17, 15) is 4.79 Å². The highest BCUT2D eigenvalue weighted by Gasteiger charge is 2.28. The Bertz CT molecular complexity index is 990. The van der Waals surface area contributed by atoms with Gasteiger partial charge in [0.15, 0.2) is 5.01 Å². The van der Waals surface area contributed by atoms with Crippen molar-refractivity contribution in [1.29, 1.82) is 0 Å². The van der Waals surface area contributed by atoms with Crippen molar-refractivity contribution in [2.45, 2.75) is 32.6 Å². The second-order valence-corrected chi connectivity index (χ2v) is 9.07. The summed E-state index contributed by atoms with van der Waals surface area (Å²) >= 11 is 3.10. The SMILES string of the molecule is COc1ccccc1-c1nnc(C2CCN(C(=O)c3sc(C)nc3C)CC2)s1. The molecule has 28 heavy (non-hydrogen) atoms. The molecule has 0 atom stereocenters. The molecule has 146 valence electrons. The number of hydrogen-bond donors (Lipinski definition) is 0. The highest BCUT2D eigenvalue weighted by Crippen LogP contribution is 2.37. The van der Waals surface area contributed by atoms with E-state index in [0.29, 0.717) is 5.92 Å². The van der Waals surface area contributed by atoms with Gasteiger partial charge in [-0.3, -0.25) is 4.79 Å². The standard InChI is InChI=1S/C20H22N4O2S2/c1-12-17(27-13(2)21-12)20(25)24-10-8-14(9-11-24)18-22-23-19(28-18)15-6-4-5-7-16(15)26-3/h4-7,14H,8-11H2,1-3H3. The Balaban J connectivity index is 1.44. The number of hydrogen-bond acceptors (Lipinski definition) is 7. The van der Waals surface area contributed by atoms with E-state index in [1.807, 2.05) is 43.0 Å². The van der Waals surface area contributed by atoms with Crippen molar-refractivity contribution in [3.05, 3.63) is 44.9 Å². The highest BCUT2D eigenvalue weighted by atomic mass is 32.1. The lowest BCUT2D eigenvalue weighted by Crippen LogP contribution is -2.37. The van der Waals surface area contributed by atoms with Crippen molar-refractivity contribution >= 4 is 28.6 Å². The molecule has 0 spiro atoms. The molecule has 4 rings (SSSR count). The Hall–Kier alpha value is -2.32. The van der Waals surface area contributed by atoms with Gasteiger partial charge in [-0.25, -0.2) is 4.98 Å². The highest BCUT2D eigenvalue weighted by molar-refractivity contribution is 7.14. The monoisotopic (exact) mass is 414 g/mol. The number of aromatic nitrogens is 3. The van der Waals surface area contributed by atoms with Gasteiger partial charge in [0.1, 0.15) is 15.6 Å². The van der Waals surface area contributed by atoms with Crippen LogP contribution in [-0.2, 0) is 0 Å². The third-order valence-electron chi connectivity index (χ3n) is 5.01. The van der Waals surface area contributed by atoms with Crippen molar-refractivity contribution in [3.63, 3.8) is 0 Å². The fraction of sp³-hybridized carbons (Fsp3) is 0.400. The van der Waals surface area contributed by atoms with Gasteiger partial charge < -0.3 is 9.64 Å². The fourth-order valence-electron chi connectivity index (χ4n) is 3.53. The van der Waals surface area contributed by atoms with Crippen molar-refractivity contribution in [3.8, 4) is 16.3 Å². The molecular weight excluding hydrogens is 392 g/mol. The maximum Gasteiger partial charge on any atom is 0.265 e. The molecule has 0 saturated carbocycles. The van der Waals surface area contributed by atoms with Crippen LogP contribution in [0.1, 0.15) is 44.1 Å². The van der Waals surface area contributed by atoms with Gasteiger partial charge >= 0.3 is 0 Å². The van der Waals surface area contributed by atoms with E-state index in [2.05, 4.69) is 15.2 Å². The number of aryl methyl sites for hydroxylation is 2. The molecule has 8 heteroatoms. The molecule has 6 nitrogen and oxygen atoms in total. The molecule has 1 aromatic carbocycles. The van der Waals surface area contributed by atoms with Gasteiger partial charge in [-0.1, -0.05) is 23.5 Å². The Labute approximate surface area is 172 Å². The van der Waals surface area contributed by atoms with E-state index in [0.717, 1.165) is 62.8 Å². The quantitative estimate of drug-likeness (QED) is 0.636. The van der Waals surface area contributed by atoms with Crippen molar-refractivity contribution < 1.29 is 9.53 Å². The predicted molar refractivity (Wildman–Crippen MR) is 111 cm³/mol. The number of para-hydroxylation sites is 1. The number of likely N-dealkylation sites (tertiary alicyclic amines) is 1. The normalized spacial score (nSPS) is 15.0. The topological polar surface area (TPSA) is 68.2 Å². The van der Waals surface area contributed by atoms with Crippen LogP contribution >= 0.6 is 22.7 Å². The molecule has 1 aliphatic rings. The molecule has 1 saturated heterocycles. The predicted octanol–water partition coefficient (Wildman–Crippen LogP) is 4.31. The fourth-order valence-corrected chi connectivity index (χ4v) is 5.46. The number of piperidine rings is 1. The second-order valence-electron chi connectivity index (χ2n) is 6.86. The van der Waals surface area contributed by atoms with Crippen LogP contribution in [0.2, 0.25) is 0 Å². The molecular formula is C20H22N4O2S2. The maximum absolute atomic E-state index is 12.8. The van der Waals surface area contributed by atoms with E-state index < -0.39 is 0 Å². The van der Waals surface area contributed by atoms with Crippen LogP contribution in [0.15, 0.2) is 24.3 Å². The van der Waals surface area contributed by atoms with E-state index in [1.54, 1.807) is 18.4 Å². The maximum atomic E-state index is 12.8. The minimum Gasteiger partial charge on any atom is -0.496 e. The number of rotatable bonds is 4. The summed E-state index contributed by atoms with van der Waals surface area (Å²) in [7, 11) is 1.67. The minimum absolute atomic E-state index is 0.105. The summed E-state index contributed by atoms with van der Waals surface area (Å²) < 4.78 is 5.44. The van der Waals surface area contributed by atoms with Crippen LogP contribution < -0.4 is 4.74 Å². The summed E-state index contributed by atoms with van der Waals surface area (Å²) in [5, 5.41) is 11.7. The lowest BCUT2D eigenvalue weighted by atomic mass is 9.97. The number of amides is 1. The number of thiazole rings is 1. The Morgan fingerprint density at radius 2 is 1.89 bits per heavy atom. The zero-order chi connectivity index (χ0) is 19.7. The van der Waals surface area contributed by atoms with Crippen molar-refractivity contribution in [2.24, 2.45) is 0 Å². The van der Waals surface area contributed by atoms with E-state index in [-0.39, 0.29) is 5.91 Å². The molecule has 3 heterocycles. The number of methoxy groups -OCH3 is 1. The van der Waals surface area contributed by atoms with Crippen LogP contribution in [0.25, 0.3) is 10.6 Å². The molecule has 1 aliphatic heterocycles. The van der Waals surface area contributed by atoms with Gasteiger partial charge in [-0.05, 0) is 38.8 Å². The van der Waals surface area contributed by atoms with Gasteiger partial charge in [-0.15, -0.1) is 21.5 Å². The van der Waals surface area contributed by atoms with Gasteiger partial charge in [0.2, 0.25) is 0 Å². The van der Waals surface area contributed by atoms with E-state index in [4.69, 9.17) is 4.74 Å². The molecule has 1 amide bonds. The number of carbonyl (C=O) groups excluding carboxylic acids is 1. The lowest BCUT2D eigenvalue weighted by molar-refractivity contribution is 0.0717. The lowest BCUT2D eigenvalue weighted by Gasteiger charge is -2.30. The summed E-state index contributed by atoms with van der Waals surface area (Å²) in [6.07, 6.45) is 1.81. The summed E-state index contributed by atoms with van der Waals surface area (Å²) in [6, 6.07) is 7.86. The second kappa shape index (κ2) is 7.97. The molecule has 1 fully saturated rings. The number of carbonyl (C=O) groups is 1. The molecule has 0 aliphatic carbocycles. The number of benzene rings is 1. The number of nitrogens with zero attached hydrogens (tertiary/aromatic N) is 4. The molecule has 0 unspecified atom stereocenters.